The van der Waals surface area contributed by atoms with E-state index in [0.717, 1.165) is 16.8 Å². The summed E-state index contributed by atoms with van der Waals surface area (Å²) in [6, 6.07) is 21.7. The second-order valence-corrected chi connectivity index (χ2v) is 8.59. The van der Waals surface area contributed by atoms with Crippen LogP contribution in [0.4, 0.5) is 5.69 Å². The van der Waals surface area contributed by atoms with E-state index in [2.05, 4.69) is 9.71 Å². The molecule has 1 aromatic heterocycles. The summed E-state index contributed by atoms with van der Waals surface area (Å²) in [5, 5.41) is 0. The van der Waals surface area contributed by atoms with Gasteiger partial charge in [-0.25, -0.2) is 13.4 Å². The van der Waals surface area contributed by atoms with E-state index >= 15 is 0 Å². The molecule has 0 aliphatic rings. The van der Waals surface area contributed by atoms with Gasteiger partial charge in [-0.3, -0.25) is 4.72 Å². The summed E-state index contributed by atoms with van der Waals surface area (Å²) in [6.07, 6.45) is 1.60. The van der Waals surface area contributed by atoms with Crippen LogP contribution in [0.25, 0.3) is 22.7 Å². The predicted molar refractivity (Wildman–Crippen MR) is 114 cm³/mol. The van der Waals surface area contributed by atoms with E-state index in [0.29, 0.717) is 17.1 Å². The van der Waals surface area contributed by atoms with Gasteiger partial charge in [-0.15, -0.1) is 0 Å². The lowest BCUT2D eigenvalue weighted by atomic mass is 10.1. The molecule has 0 radical (unpaired) electrons. The van der Waals surface area contributed by atoms with E-state index in [1.54, 1.807) is 48.7 Å². The molecule has 0 atom stereocenters. The molecule has 146 valence electrons. The van der Waals surface area contributed by atoms with Gasteiger partial charge in [-0.05, 0) is 44.2 Å². The number of anilines is 1. The third-order valence-corrected chi connectivity index (χ3v) is 5.94. The summed E-state index contributed by atoms with van der Waals surface area (Å²) in [6.45, 7) is 3.94. The van der Waals surface area contributed by atoms with Crippen LogP contribution in [0.2, 0.25) is 0 Å². The van der Waals surface area contributed by atoms with E-state index in [1.165, 1.54) is 5.56 Å². The van der Waals surface area contributed by atoms with Gasteiger partial charge in [0, 0.05) is 16.8 Å². The molecule has 5 nitrogen and oxygen atoms in total. The Labute approximate surface area is 170 Å². The Kier molecular flexibility index (Phi) is 4.94. The van der Waals surface area contributed by atoms with Crippen LogP contribution >= 0.6 is 0 Å². The Hall–Kier alpha value is -3.38. The molecule has 0 fully saturated rings. The fraction of sp³-hybridized carbons (Fsp3) is 0.0870. The summed E-state index contributed by atoms with van der Waals surface area (Å²) in [7, 11) is -3.67. The molecular weight excluding hydrogens is 384 g/mol. The summed E-state index contributed by atoms with van der Waals surface area (Å²) in [5.41, 5.74) is 4.99. The van der Waals surface area contributed by atoms with Crippen molar-refractivity contribution in [1.29, 1.82) is 0 Å². The normalized spacial score (nSPS) is 11.4. The maximum atomic E-state index is 12.6. The lowest BCUT2D eigenvalue weighted by Gasteiger charge is -2.09. The van der Waals surface area contributed by atoms with Gasteiger partial charge >= 0.3 is 0 Å². The highest BCUT2D eigenvalue weighted by Gasteiger charge is 2.15. The van der Waals surface area contributed by atoms with E-state index in [1.807, 2.05) is 44.2 Å². The fourth-order valence-corrected chi connectivity index (χ4v) is 3.96. The van der Waals surface area contributed by atoms with E-state index in [-0.39, 0.29) is 4.90 Å². The maximum absolute atomic E-state index is 12.6. The van der Waals surface area contributed by atoms with Gasteiger partial charge in [0.25, 0.3) is 10.0 Å². The van der Waals surface area contributed by atoms with Crippen LogP contribution in [-0.2, 0) is 10.0 Å². The second kappa shape index (κ2) is 7.56. The first kappa shape index (κ1) is 19.0. The molecule has 0 amide bonds. The molecule has 0 bridgehead atoms. The molecule has 0 aliphatic carbocycles. The van der Waals surface area contributed by atoms with Crippen molar-refractivity contribution in [3.05, 3.63) is 90.2 Å². The molecule has 4 rings (SSSR count). The minimum absolute atomic E-state index is 0.214. The zero-order valence-corrected chi connectivity index (χ0v) is 16.9. The largest absolute Gasteiger partial charge is 0.444 e. The van der Waals surface area contributed by atoms with Crippen molar-refractivity contribution in [2.24, 2.45) is 0 Å². The fourth-order valence-electron chi connectivity index (χ4n) is 2.91. The average molecular weight is 404 g/mol. The summed E-state index contributed by atoms with van der Waals surface area (Å²) in [5.74, 6) is 0.428. The van der Waals surface area contributed by atoms with Crippen LogP contribution in [0.3, 0.4) is 0 Å². The Morgan fingerprint density at radius 2 is 1.48 bits per heavy atom. The maximum Gasteiger partial charge on any atom is 0.261 e. The molecule has 0 unspecified atom stereocenters. The smallest absolute Gasteiger partial charge is 0.261 e. The third-order valence-electron chi connectivity index (χ3n) is 4.54. The first-order valence-corrected chi connectivity index (χ1v) is 10.6. The van der Waals surface area contributed by atoms with Crippen molar-refractivity contribution < 1.29 is 12.8 Å². The highest BCUT2D eigenvalue weighted by molar-refractivity contribution is 7.92. The van der Waals surface area contributed by atoms with Crippen LogP contribution < -0.4 is 4.72 Å². The molecule has 3 aromatic carbocycles. The van der Waals surface area contributed by atoms with Crippen LogP contribution in [0.1, 0.15) is 11.1 Å². The first-order chi connectivity index (χ1) is 13.9. The molecule has 29 heavy (non-hydrogen) atoms. The van der Waals surface area contributed by atoms with Crippen LogP contribution in [0.5, 0.6) is 0 Å². The number of hydrogen-bond donors (Lipinski definition) is 1. The van der Waals surface area contributed by atoms with Crippen molar-refractivity contribution in [3.8, 4) is 22.7 Å². The van der Waals surface area contributed by atoms with E-state index in [4.69, 9.17) is 4.42 Å². The summed E-state index contributed by atoms with van der Waals surface area (Å²) in [4.78, 5) is 4.76. The number of oxazole rings is 1. The van der Waals surface area contributed by atoms with Crippen LogP contribution in [0.15, 0.2) is 88.4 Å². The van der Waals surface area contributed by atoms with Gasteiger partial charge in [0.1, 0.15) is 12.0 Å². The number of hydrogen-bond acceptors (Lipinski definition) is 4. The minimum atomic E-state index is -3.67. The monoisotopic (exact) mass is 404 g/mol. The second-order valence-electron chi connectivity index (χ2n) is 6.90. The Balaban J connectivity index is 1.59. The highest BCUT2D eigenvalue weighted by Crippen LogP contribution is 2.27. The first-order valence-electron chi connectivity index (χ1n) is 9.13. The summed E-state index contributed by atoms with van der Waals surface area (Å²) < 4.78 is 33.5. The molecule has 0 spiro atoms. The van der Waals surface area contributed by atoms with Gasteiger partial charge in [0.2, 0.25) is 5.89 Å². The Morgan fingerprint density at radius 3 is 2.17 bits per heavy atom. The topological polar surface area (TPSA) is 72.2 Å². The van der Waals surface area contributed by atoms with Crippen LogP contribution in [-0.4, -0.2) is 13.4 Å². The van der Waals surface area contributed by atoms with Crippen molar-refractivity contribution >= 4 is 15.7 Å². The highest BCUT2D eigenvalue weighted by atomic mass is 32.2. The van der Waals surface area contributed by atoms with Gasteiger partial charge < -0.3 is 4.42 Å². The standard InChI is InChI=1S/C23H20N2O3S/c1-16-6-10-18(11-7-16)22-15-28-23(24-22)19-4-3-5-20(14-19)25-29(26,27)21-12-8-17(2)9-13-21/h3-15,25H,1-2H3. The zero-order chi connectivity index (χ0) is 20.4. The zero-order valence-electron chi connectivity index (χ0n) is 16.1. The lowest BCUT2D eigenvalue weighted by Crippen LogP contribution is -2.12. The number of aryl methyl sites for hydroxylation is 2. The number of sulfonamides is 1. The molecular formula is C23H20N2O3S. The van der Waals surface area contributed by atoms with Gasteiger partial charge in [-0.1, -0.05) is 53.6 Å². The van der Waals surface area contributed by atoms with Crippen molar-refractivity contribution in [1.82, 2.24) is 4.98 Å². The van der Waals surface area contributed by atoms with Crippen molar-refractivity contribution in [2.75, 3.05) is 4.72 Å². The molecule has 0 aliphatic heterocycles. The number of aromatic nitrogens is 1. The number of rotatable bonds is 5. The quantitative estimate of drug-likeness (QED) is 0.482. The molecule has 6 heteroatoms. The average Bonchev–Trinajstić information content (AvgIpc) is 3.19. The molecule has 4 aromatic rings. The van der Waals surface area contributed by atoms with Gasteiger partial charge in [0.05, 0.1) is 4.90 Å². The molecule has 1 N–H and O–H groups in total. The number of nitrogens with one attached hydrogen (secondary N) is 1. The van der Waals surface area contributed by atoms with E-state index in [9.17, 15) is 8.42 Å². The molecule has 1 heterocycles. The number of benzene rings is 3. The van der Waals surface area contributed by atoms with Crippen LogP contribution in [0, 0.1) is 13.8 Å². The molecule has 0 saturated carbocycles. The van der Waals surface area contributed by atoms with E-state index < -0.39 is 10.0 Å². The van der Waals surface area contributed by atoms with Crippen molar-refractivity contribution in [2.45, 2.75) is 18.7 Å². The minimum Gasteiger partial charge on any atom is -0.444 e. The number of nitrogens with zero attached hydrogens (tertiary/aromatic N) is 1. The SMILES string of the molecule is Cc1ccc(-c2coc(-c3cccc(NS(=O)(=O)c4ccc(C)cc4)c3)n2)cc1. The van der Waals surface area contributed by atoms with Gasteiger partial charge in [-0.2, -0.15) is 0 Å². The van der Waals surface area contributed by atoms with Gasteiger partial charge in [0.15, 0.2) is 0 Å². The van der Waals surface area contributed by atoms with Crippen molar-refractivity contribution in [3.63, 3.8) is 0 Å². The Morgan fingerprint density at radius 1 is 0.828 bits per heavy atom. The summed E-state index contributed by atoms with van der Waals surface area (Å²) >= 11 is 0. The molecule has 0 saturated heterocycles. The third kappa shape index (κ3) is 4.22. The lowest BCUT2D eigenvalue weighted by molar-refractivity contribution is 0.575. The predicted octanol–water partition coefficient (Wildman–Crippen LogP) is 5.43. The Bertz CT molecular complexity index is 1240.